The molecule has 0 amide bonds. The number of halogens is 1. The van der Waals surface area contributed by atoms with Gasteiger partial charge in [0.2, 0.25) is 0 Å². The van der Waals surface area contributed by atoms with Gasteiger partial charge in [0.1, 0.15) is 11.5 Å². The van der Waals surface area contributed by atoms with E-state index in [1.54, 1.807) is 27.4 Å². The van der Waals surface area contributed by atoms with Crippen LogP contribution in [0.5, 0.6) is 5.75 Å². The summed E-state index contributed by atoms with van der Waals surface area (Å²) in [4.78, 5) is 23.5. The van der Waals surface area contributed by atoms with Gasteiger partial charge in [-0.3, -0.25) is 9.59 Å². The number of methoxy groups -OCH3 is 2. The van der Waals surface area contributed by atoms with Crippen molar-refractivity contribution < 1.29 is 23.8 Å². The number of nitrogens with one attached hydrogen (secondary N) is 1. The molecule has 0 saturated heterocycles. The van der Waals surface area contributed by atoms with Crippen LogP contribution in [0.25, 0.3) is 10.4 Å². The first-order valence-corrected chi connectivity index (χ1v) is 13.7. The second-order valence-electron chi connectivity index (χ2n) is 8.73. The zero-order valence-corrected chi connectivity index (χ0v) is 24.5. The van der Waals surface area contributed by atoms with E-state index in [4.69, 9.17) is 4.74 Å². The van der Waals surface area contributed by atoms with Gasteiger partial charge in [-0.2, -0.15) is 0 Å². The predicted octanol–water partition coefficient (Wildman–Crippen LogP) is 7.28. The molecule has 0 radical (unpaired) electrons. The molecule has 6 nitrogen and oxygen atoms in total. The van der Waals surface area contributed by atoms with Crippen LogP contribution >= 0.6 is 27.3 Å². The van der Waals surface area contributed by atoms with Crippen molar-refractivity contribution in [3.8, 4) is 16.2 Å². The molecule has 8 heteroatoms. The second kappa shape index (κ2) is 18.3. The number of benzene rings is 1. The molecular formula is C28H40BrNO5S. The minimum absolute atomic E-state index is 0.0739. The summed E-state index contributed by atoms with van der Waals surface area (Å²) in [6.07, 6.45) is 8.11. The number of rotatable bonds is 9. The van der Waals surface area contributed by atoms with Crippen LogP contribution in [-0.2, 0) is 14.3 Å². The van der Waals surface area contributed by atoms with E-state index in [1.165, 1.54) is 37.0 Å². The second-order valence-corrected chi connectivity index (χ2v) is 10.6. The van der Waals surface area contributed by atoms with Crippen LogP contribution in [0.15, 0.2) is 41.4 Å². The first-order chi connectivity index (χ1) is 17.4. The van der Waals surface area contributed by atoms with Gasteiger partial charge in [-0.15, -0.1) is 17.9 Å². The standard InChI is InChI=1S/C22H26BrNO3S.C4H8O.C2H6O/c1-14-5-3-7-17(11-15(14)2)24-18-8-4-6-16(12-18)22-20(23)21(27-10-9-25)19(13-26)28-22;1-3-4-5-2;1-3-2/h4,6,8-9,12-15,17,24H,3,5,7,10-11H2,1-2H3;3H,1,4H2,2H3;1-2H3. The van der Waals surface area contributed by atoms with Crippen molar-refractivity contribution in [2.24, 2.45) is 11.8 Å². The van der Waals surface area contributed by atoms with Crippen molar-refractivity contribution in [2.75, 3.05) is 39.9 Å². The smallest absolute Gasteiger partial charge is 0.163 e. The Morgan fingerprint density at radius 2 is 1.86 bits per heavy atom. The fourth-order valence-electron chi connectivity index (χ4n) is 3.93. The average molecular weight is 583 g/mol. The number of hydrogen-bond donors (Lipinski definition) is 1. The highest BCUT2D eigenvalue weighted by Gasteiger charge is 2.23. The number of ether oxygens (including phenoxy) is 3. The van der Waals surface area contributed by atoms with Crippen molar-refractivity contribution in [3.63, 3.8) is 0 Å². The van der Waals surface area contributed by atoms with Crippen molar-refractivity contribution in [1.29, 1.82) is 0 Å². The number of carbonyl (C=O) groups excluding carboxylic acids is 2. The van der Waals surface area contributed by atoms with Crippen LogP contribution in [0, 0.1) is 11.8 Å². The molecule has 1 aliphatic carbocycles. The molecule has 1 heterocycles. The molecule has 0 spiro atoms. The lowest BCUT2D eigenvalue weighted by Gasteiger charge is -2.22. The minimum atomic E-state index is -0.0739. The van der Waals surface area contributed by atoms with Gasteiger partial charge in [0.15, 0.2) is 18.3 Å². The van der Waals surface area contributed by atoms with Gasteiger partial charge >= 0.3 is 0 Å². The lowest BCUT2D eigenvalue weighted by Crippen LogP contribution is -2.21. The fourth-order valence-corrected chi connectivity index (χ4v) is 5.81. The Labute approximate surface area is 228 Å². The van der Waals surface area contributed by atoms with Crippen LogP contribution in [0.2, 0.25) is 0 Å². The van der Waals surface area contributed by atoms with E-state index >= 15 is 0 Å². The SMILES string of the molecule is C=CCOC.CC1CCCC(Nc2cccc(-c3sc(C=O)c(OCC=O)c3Br)c2)CC1C.COC. The lowest BCUT2D eigenvalue weighted by molar-refractivity contribution is -0.109. The van der Waals surface area contributed by atoms with Gasteiger partial charge in [0.05, 0.1) is 16.0 Å². The van der Waals surface area contributed by atoms with Gasteiger partial charge in [0, 0.05) is 33.1 Å². The summed E-state index contributed by atoms with van der Waals surface area (Å²) in [6.45, 7) is 8.72. The maximum Gasteiger partial charge on any atom is 0.163 e. The molecule has 36 heavy (non-hydrogen) atoms. The molecule has 2 aromatic rings. The molecule has 1 N–H and O–H groups in total. The van der Waals surface area contributed by atoms with E-state index in [9.17, 15) is 9.59 Å². The van der Waals surface area contributed by atoms with Gasteiger partial charge < -0.3 is 19.5 Å². The summed E-state index contributed by atoms with van der Waals surface area (Å²) in [7, 11) is 4.89. The summed E-state index contributed by atoms with van der Waals surface area (Å²) < 4.78 is 15.0. The molecule has 0 bridgehead atoms. The van der Waals surface area contributed by atoms with E-state index in [2.05, 4.69) is 63.3 Å². The summed E-state index contributed by atoms with van der Waals surface area (Å²) in [5.41, 5.74) is 2.11. The predicted molar refractivity (Wildman–Crippen MR) is 154 cm³/mol. The van der Waals surface area contributed by atoms with Crippen LogP contribution < -0.4 is 10.1 Å². The molecular weight excluding hydrogens is 542 g/mol. The topological polar surface area (TPSA) is 73.9 Å². The Morgan fingerprint density at radius 3 is 2.44 bits per heavy atom. The van der Waals surface area contributed by atoms with Crippen molar-refractivity contribution >= 4 is 45.5 Å². The Balaban J connectivity index is 0.000000709. The van der Waals surface area contributed by atoms with Crippen LogP contribution in [0.4, 0.5) is 5.69 Å². The van der Waals surface area contributed by atoms with E-state index in [0.717, 1.165) is 38.7 Å². The van der Waals surface area contributed by atoms with Crippen molar-refractivity contribution in [1.82, 2.24) is 0 Å². The van der Waals surface area contributed by atoms with E-state index < -0.39 is 0 Å². The highest BCUT2D eigenvalue weighted by Crippen LogP contribution is 2.45. The average Bonchev–Trinajstić information content (AvgIpc) is 3.09. The first kappa shape index (κ1) is 32.0. The molecule has 3 rings (SSSR count). The number of aldehydes is 2. The Kier molecular flexibility index (Phi) is 16.3. The number of anilines is 1. The summed E-state index contributed by atoms with van der Waals surface area (Å²) in [6, 6.07) is 8.75. The van der Waals surface area contributed by atoms with E-state index in [0.29, 0.717) is 29.6 Å². The molecule has 1 saturated carbocycles. The van der Waals surface area contributed by atoms with Crippen LogP contribution in [0.3, 0.4) is 0 Å². The third kappa shape index (κ3) is 10.5. The van der Waals surface area contributed by atoms with E-state index in [-0.39, 0.29) is 6.61 Å². The van der Waals surface area contributed by atoms with Crippen molar-refractivity contribution in [3.05, 3.63) is 46.3 Å². The van der Waals surface area contributed by atoms with Gasteiger partial charge in [-0.05, 0) is 58.3 Å². The highest BCUT2D eigenvalue weighted by molar-refractivity contribution is 9.10. The number of thiophene rings is 1. The third-order valence-corrected chi connectivity index (χ3v) is 8.02. The summed E-state index contributed by atoms with van der Waals surface area (Å²) >= 11 is 4.91. The largest absolute Gasteiger partial charge is 0.483 e. The van der Waals surface area contributed by atoms with E-state index in [1.807, 2.05) is 12.1 Å². The zero-order valence-electron chi connectivity index (χ0n) is 22.1. The molecule has 1 aromatic heterocycles. The fraction of sp³-hybridized carbons (Fsp3) is 0.500. The normalized spacial score (nSPS) is 18.9. The first-order valence-electron chi connectivity index (χ1n) is 12.1. The van der Waals surface area contributed by atoms with Crippen LogP contribution in [0.1, 0.15) is 49.2 Å². The maximum absolute atomic E-state index is 11.4. The number of hydrogen-bond acceptors (Lipinski definition) is 7. The molecule has 0 aliphatic heterocycles. The Bertz CT molecular complexity index is 933. The zero-order chi connectivity index (χ0) is 26.9. The molecule has 200 valence electrons. The van der Waals surface area contributed by atoms with Gasteiger partial charge in [-0.25, -0.2) is 0 Å². The maximum atomic E-state index is 11.4. The molecule has 1 aliphatic rings. The summed E-state index contributed by atoms with van der Waals surface area (Å²) in [5, 5.41) is 3.71. The Morgan fingerprint density at radius 1 is 1.14 bits per heavy atom. The Hall–Kier alpha value is -2.00. The molecule has 1 aromatic carbocycles. The van der Waals surface area contributed by atoms with Gasteiger partial charge in [-0.1, -0.05) is 44.9 Å². The monoisotopic (exact) mass is 581 g/mol. The van der Waals surface area contributed by atoms with Gasteiger partial charge in [0.25, 0.3) is 0 Å². The minimum Gasteiger partial charge on any atom is -0.483 e. The lowest BCUT2D eigenvalue weighted by atomic mass is 9.91. The van der Waals surface area contributed by atoms with Crippen molar-refractivity contribution in [2.45, 2.75) is 45.6 Å². The number of carbonyl (C=O) groups is 2. The molecule has 3 unspecified atom stereocenters. The quantitative estimate of drug-likeness (QED) is 0.190. The van der Waals surface area contributed by atoms with Crippen LogP contribution in [-0.4, -0.2) is 53.2 Å². The molecule has 1 fully saturated rings. The third-order valence-electron chi connectivity index (χ3n) is 5.86. The molecule has 3 atom stereocenters. The highest BCUT2D eigenvalue weighted by atomic mass is 79.9. The summed E-state index contributed by atoms with van der Waals surface area (Å²) in [5.74, 6) is 1.95.